The molecule has 2 saturated heterocycles. The van der Waals surface area contributed by atoms with Crippen LogP contribution in [0, 0.1) is 36.0 Å². The van der Waals surface area contributed by atoms with Crippen molar-refractivity contribution in [1.82, 2.24) is 98.9 Å². The number of benzene rings is 5. The second kappa shape index (κ2) is 54.9. The number of carbonyl (C=O) groups excluding carboxylic acids is 16. The first-order chi connectivity index (χ1) is 69.6. The normalized spacial score (nSPS) is 22.2. The van der Waals surface area contributed by atoms with E-state index < -0.39 is 228 Å². The van der Waals surface area contributed by atoms with Crippen LogP contribution in [0.4, 0.5) is 5.69 Å². The van der Waals surface area contributed by atoms with Gasteiger partial charge in [-0.05, 0) is 138 Å². The van der Waals surface area contributed by atoms with Gasteiger partial charge in [0.1, 0.15) is 72.5 Å². The fourth-order valence-electron chi connectivity index (χ4n) is 17.6. The number of likely N-dealkylation sites (N-methyl/N-ethyl adjacent to an activating group) is 1. The predicted octanol–water partition coefficient (Wildman–Crippen LogP) is 2.58. The molecule has 13 atom stereocenters. The molecular formula is C102H133N23O20S. The molecule has 1 saturated carbocycles. The van der Waals surface area contributed by atoms with Gasteiger partial charge in [-0.25, -0.2) is 14.8 Å². The van der Waals surface area contributed by atoms with Crippen molar-refractivity contribution in [2.45, 2.75) is 230 Å². The number of H-pyrrole nitrogens is 2. The number of rotatable bonds is 29. The third-order valence-corrected chi connectivity index (χ3v) is 26.6. The van der Waals surface area contributed by atoms with Crippen molar-refractivity contribution >= 4 is 130 Å². The molecule has 2 aliphatic heterocycles. The number of aromatic nitrogens is 4. The summed E-state index contributed by atoms with van der Waals surface area (Å²) in [6, 6.07) is 15.8. The Morgan fingerprint density at radius 2 is 1.04 bits per heavy atom. The van der Waals surface area contributed by atoms with E-state index in [0.29, 0.717) is 52.0 Å². The summed E-state index contributed by atoms with van der Waals surface area (Å²) in [4.78, 5) is 277. The summed E-state index contributed by atoms with van der Waals surface area (Å²) in [5.41, 5.74) is 16.6. The van der Waals surface area contributed by atoms with Crippen LogP contribution in [0.2, 0.25) is 0 Å². The Hall–Kier alpha value is -15.4. The first-order valence-corrected chi connectivity index (χ1v) is 50.1. The Kier molecular flexibility index (Phi) is 42.3. The Morgan fingerprint density at radius 3 is 1.61 bits per heavy atom. The lowest BCUT2D eigenvalue weighted by molar-refractivity contribution is -0.144. The number of fused-ring (bicyclic) bond motifs is 1. The van der Waals surface area contributed by atoms with Crippen molar-refractivity contribution < 1.29 is 96.5 Å². The summed E-state index contributed by atoms with van der Waals surface area (Å²) in [5, 5.41) is 65.7. The highest BCUT2D eigenvalue weighted by molar-refractivity contribution is 8.00. The fraction of sp³-hybridized carbons (Fsp3) is 0.461. The number of nitrogens with zero attached hydrogens (tertiary/aromatic N) is 4. The van der Waals surface area contributed by atoms with Crippen molar-refractivity contribution in [1.29, 1.82) is 5.41 Å². The summed E-state index contributed by atoms with van der Waals surface area (Å²) >= 11 is 0.847. The number of hydrogen-bond donors (Lipinski definition) is 21. The van der Waals surface area contributed by atoms with E-state index in [2.05, 4.69) is 94.4 Å². The van der Waals surface area contributed by atoms with Crippen LogP contribution >= 0.6 is 11.8 Å². The molecule has 0 unspecified atom stereocenters. The molecule has 0 radical (unpaired) electrons. The molecule has 7 aromatic rings. The van der Waals surface area contributed by atoms with Gasteiger partial charge >= 0.3 is 11.9 Å². The number of amides is 16. The number of carbonyl (C=O) groups is 18. The van der Waals surface area contributed by atoms with Gasteiger partial charge in [-0.3, -0.25) is 86.9 Å². The number of guanidine groups is 1. The standard InChI is InChI=1S/C102H133N23O20S/c1-9-59(7)87-100(143)125-37-17-23-81(125)97(140)122-86(57(4)5)98(141)119-77(46-71-49-107-55-111-71)95(138)116-73(38-56(2)3)91(134)121-80(89(132)109-50-82(103)126)52-146-53-84(128)114-74(41-60-18-12-10-13-19-60)92(135)117-75(42-61-24-28-64(29-25-61)63-20-14-11-15-21-63)93(136)120-79(43-62-26-30-65(31-27-62)66-32-34-69(35-33-66)112-88(131)67-39-58(6)40-68(44-67)101(144)145)99(142)124(8)51-83(127)113-76(45-70-48-106-54-110-70)94(137)118-78(47-85(129)130)96(139)115-72(90(133)123-87)22-16-36-108-102(104)105/h11,14-15,20-21,24-35,39-40,44,48-49,54-57,59-60,72-81,86-87H,9-10,12-13,16-19,22-23,36-38,41-43,45-47,50-53H2,1-8H3,(H2,103,126)(H,106,110)(H,107,111)(H,109,132)(H,112,131)(H,113,127)(H,114,128)(H,115,139)(H,116,138)(H,117,135)(H,118,137)(H,119,141)(H,120,136)(H,121,134)(H,122,140)(H,123,133)(H,129,130)(H,144,145)(H4,104,105,108)/t59-,72+,73-,74-,75-,76-,77-,78-,79-,80-,81-,86-,87-/m0/s1. The average molecular weight is 2030 g/mol. The van der Waals surface area contributed by atoms with Gasteiger partial charge in [0.15, 0.2) is 5.96 Å². The number of carboxylic acid groups (broad SMARTS) is 2. The van der Waals surface area contributed by atoms with Crippen molar-refractivity contribution in [3.8, 4) is 22.3 Å². The van der Waals surface area contributed by atoms with Crippen LogP contribution in [-0.4, -0.2) is 270 Å². The molecule has 3 aliphatic rings. The number of nitrogens with one attached hydrogen (secondary N) is 17. The maximum atomic E-state index is 15.9. The lowest BCUT2D eigenvalue weighted by atomic mass is 9.84. The van der Waals surface area contributed by atoms with Crippen molar-refractivity contribution in [2.75, 3.05) is 50.0 Å². The summed E-state index contributed by atoms with van der Waals surface area (Å²) in [7, 11) is 1.24. The van der Waals surface area contributed by atoms with Crippen molar-refractivity contribution in [3.63, 3.8) is 0 Å². The Morgan fingerprint density at radius 1 is 0.527 bits per heavy atom. The van der Waals surface area contributed by atoms with Gasteiger partial charge in [0.25, 0.3) is 5.91 Å². The van der Waals surface area contributed by atoms with Gasteiger partial charge in [0.05, 0.1) is 43.5 Å². The zero-order valence-corrected chi connectivity index (χ0v) is 83.8. The second-order valence-corrected chi connectivity index (χ2v) is 39.0. The molecule has 0 bridgehead atoms. The molecule has 146 heavy (non-hydrogen) atoms. The van der Waals surface area contributed by atoms with Crippen LogP contribution in [0.3, 0.4) is 0 Å². The van der Waals surface area contributed by atoms with Gasteiger partial charge < -0.3 is 116 Å². The van der Waals surface area contributed by atoms with Crippen LogP contribution in [-0.2, 0) is 102 Å². The molecule has 4 heterocycles. The van der Waals surface area contributed by atoms with E-state index in [9.17, 15) is 67.7 Å². The zero-order chi connectivity index (χ0) is 106. The monoisotopic (exact) mass is 2030 g/mol. The number of primary amides is 1. The molecule has 23 N–H and O–H groups in total. The number of anilines is 1. The van der Waals surface area contributed by atoms with Crippen LogP contribution in [0.1, 0.15) is 174 Å². The number of aromatic carboxylic acids is 1. The predicted molar refractivity (Wildman–Crippen MR) is 541 cm³/mol. The van der Waals surface area contributed by atoms with Crippen molar-refractivity contribution in [2.24, 2.45) is 35.1 Å². The number of hydrogen-bond acceptors (Lipinski definition) is 22. The summed E-state index contributed by atoms with van der Waals surface area (Å²) in [5.74, 6) is -20.4. The smallest absolute Gasteiger partial charge is 0.335 e. The highest BCUT2D eigenvalue weighted by Crippen LogP contribution is 2.31. The summed E-state index contributed by atoms with van der Waals surface area (Å²) in [6.45, 7) is 10.2. The number of thioether (sulfide) groups is 1. The first-order valence-electron chi connectivity index (χ1n) is 48.9. The molecule has 782 valence electrons. The van der Waals surface area contributed by atoms with Crippen LogP contribution in [0.5, 0.6) is 0 Å². The molecule has 16 amide bonds. The zero-order valence-electron chi connectivity index (χ0n) is 83.0. The third-order valence-electron chi connectivity index (χ3n) is 25.6. The Balaban J connectivity index is 1.03. The number of aliphatic carboxylic acids is 1. The molecular weight excluding hydrogens is 1900 g/mol. The number of aromatic amines is 2. The SMILES string of the molecule is CC[C@H](C)[C@@H]1NC(=O)[C@@H](CCCNC(=N)N)NC(=O)[C@H](CC(=O)O)NC(=O)[C@H](Cc2cnc[nH]2)NC(=O)CN(C)C(=O)[C@H](Cc2ccc(-c3ccc(NC(=O)c4cc(C)cc(C(=O)O)c4)cc3)cc2)NC(=O)[C@H](Cc2ccc(-c3ccccc3)cc2)NC(=O)[C@H](CC2CCCCC2)NC(=O)CSC[C@@H](C(=O)NCC(N)=O)NC(=O)[C@H](CC(C)C)NC(=O)[C@H](Cc2cnc[nH]2)NC(=O)[C@H](C(C)C)NC(=O)[C@@H]2CCCN2C1=O. The van der Waals surface area contributed by atoms with Crippen LogP contribution < -0.4 is 85.9 Å². The van der Waals surface area contributed by atoms with Crippen molar-refractivity contribution in [3.05, 3.63) is 186 Å². The fourth-order valence-corrected chi connectivity index (χ4v) is 18.4. The third kappa shape index (κ3) is 34.4. The largest absolute Gasteiger partial charge is 0.481 e. The van der Waals surface area contributed by atoms with Gasteiger partial charge in [0.2, 0.25) is 88.6 Å². The van der Waals surface area contributed by atoms with E-state index in [-0.39, 0.29) is 112 Å². The molecule has 3 fully saturated rings. The van der Waals surface area contributed by atoms with E-state index in [1.165, 1.54) is 49.1 Å². The quantitative estimate of drug-likeness (QED) is 0.0182. The lowest BCUT2D eigenvalue weighted by Gasteiger charge is -2.33. The number of aryl methyl sites for hydroxylation is 1. The molecule has 2 aromatic heterocycles. The topological polar surface area (TPSA) is 656 Å². The van der Waals surface area contributed by atoms with E-state index in [1.807, 2.05) is 42.5 Å². The summed E-state index contributed by atoms with van der Waals surface area (Å²) < 4.78 is 0. The first kappa shape index (κ1) is 113. The van der Waals surface area contributed by atoms with E-state index in [1.54, 1.807) is 115 Å². The average Bonchev–Trinajstić information content (AvgIpc) is 1.60. The van der Waals surface area contributed by atoms with E-state index in [4.69, 9.17) is 16.9 Å². The van der Waals surface area contributed by atoms with E-state index in [0.717, 1.165) is 47.1 Å². The number of nitrogens with two attached hydrogens (primary N) is 2. The minimum Gasteiger partial charge on any atom is -0.481 e. The van der Waals surface area contributed by atoms with E-state index >= 15 is 28.8 Å². The number of carboxylic acids is 2. The van der Waals surface area contributed by atoms with Crippen LogP contribution in [0.15, 0.2) is 146 Å². The van der Waals surface area contributed by atoms with Gasteiger partial charge in [-0.2, -0.15) is 0 Å². The maximum Gasteiger partial charge on any atom is 0.335 e. The Bertz CT molecular complexity index is 5750. The Labute approximate surface area is 849 Å². The van der Waals surface area contributed by atoms with Gasteiger partial charge in [-0.15, -0.1) is 11.8 Å². The second-order valence-electron chi connectivity index (χ2n) is 38.0. The highest BCUT2D eigenvalue weighted by Gasteiger charge is 2.44. The molecule has 44 heteroatoms. The maximum absolute atomic E-state index is 15.9. The van der Waals surface area contributed by atoms with Crippen LogP contribution in [0.25, 0.3) is 22.3 Å². The minimum absolute atomic E-state index is 0.0101. The molecule has 1 aliphatic carbocycles. The lowest BCUT2D eigenvalue weighted by Crippen LogP contribution is -2.62. The number of imidazole rings is 2. The summed E-state index contributed by atoms with van der Waals surface area (Å²) in [6.07, 6.45) is 7.10. The minimum atomic E-state index is -2.03. The highest BCUT2D eigenvalue weighted by atomic mass is 32.2. The molecule has 5 aromatic carbocycles. The molecule has 10 rings (SSSR count). The molecule has 43 nitrogen and oxygen atoms in total. The van der Waals surface area contributed by atoms with Gasteiger partial charge in [0, 0.05) is 86.6 Å². The molecule has 0 spiro atoms. The van der Waals surface area contributed by atoms with Gasteiger partial charge in [-0.1, -0.05) is 171 Å².